The molecule has 0 fully saturated rings. The fourth-order valence-corrected chi connectivity index (χ4v) is 3.41. The number of nitrogens with one attached hydrogen (secondary N) is 2. The van der Waals surface area contributed by atoms with Crippen LogP contribution in [0, 0.1) is 10.1 Å². The molecule has 2 N–H and O–H groups in total. The fraction of sp³-hybridized carbons (Fsp3) is 0.174. The minimum atomic E-state index is -0.485. The molecule has 0 radical (unpaired) electrons. The van der Waals surface area contributed by atoms with Crippen LogP contribution < -0.4 is 16.2 Å². The Bertz CT molecular complexity index is 1430. The van der Waals surface area contributed by atoms with Crippen molar-refractivity contribution < 1.29 is 14.5 Å². The van der Waals surface area contributed by atoms with Crippen molar-refractivity contribution in [1.82, 2.24) is 30.0 Å². The molecule has 0 saturated carbocycles. The Hall–Kier alpha value is -4.87. The van der Waals surface area contributed by atoms with Crippen molar-refractivity contribution in [3.8, 4) is 0 Å². The molecule has 0 bridgehead atoms. The maximum atomic E-state index is 12.8. The zero-order valence-electron chi connectivity index (χ0n) is 18.5. The third-order valence-corrected chi connectivity index (χ3v) is 5.21. The van der Waals surface area contributed by atoms with Crippen LogP contribution in [0.3, 0.4) is 0 Å². The third-order valence-electron chi connectivity index (χ3n) is 5.21. The lowest BCUT2D eigenvalue weighted by atomic mass is 10.2. The minimum absolute atomic E-state index is 0.0263. The van der Waals surface area contributed by atoms with Crippen molar-refractivity contribution in [2.24, 2.45) is 0 Å². The summed E-state index contributed by atoms with van der Waals surface area (Å²) in [6.07, 6.45) is 2.81. The molecular formula is C23H21N7O5. The number of benzene rings is 2. The zero-order chi connectivity index (χ0) is 24.8. The van der Waals surface area contributed by atoms with E-state index in [-0.39, 0.29) is 49.2 Å². The highest BCUT2D eigenvalue weighted by Crippen LogP contribution is 2.13. The van der Waals surface area contributed by atoms with Gasteiger partial charge in [-0.3, -0.25) is 29.1 Å². The first-order valence-corrected chi connectivity index (χ1v) is 10.7. The molecule has 2 aromatic carbocycles. The number of nitro benzene ring substituents is 1. The molecule has 0 aliphatic heterocycles. The number of carbonyl (C=O) groups excluding carboxylic acids is 2. The van der Waals surface area contributed by atoms with Gasteiger partial charge in [-0.25, -0.2) is 9.67 Å². The average molecular weight is 475 g/mol. The topological polar surface area (TPSA) is 154 Å². The summed E-state index contributed by atoms with van der Waals surface area (Å²) in [6, 6.07) is 14.5. The fourth-order valence-electron chi connectivity index (χ4n) is 3.41. The molecule has 12 heteroatoms. The maximum Gasteiger partial charge on any atom is 0.269 e. The summed E-state index contributed by atoms with van der Waals surface area (Å²) in [7, 11) is 0. The number of amides is 2. The predicted octanol–water partition coefficient (Wildman–Crippen LogP) is 1.10. The first-order chi connectivity index (χ1) is 16.9. The monoisotopic (exact) mass is 475 g/mol. The summed E-state index contributed by atoms with van der Waals surface area (Å²) in [5.74, 6) is -0.697. The minimum Gasteiger partial charge on any atom is -0.353 e. The molecule has 0 atom stereocenters. The second-order valence-corrected chi connectivity index (χ2v) is 7.60. The van der Waals surface area contributed by atoms with Crippen LogP contribution in [0.25, 0.3) is 11.0 Å². The normalized spacial score (nSPS) is 10.7. The molecule has 0 aliphatic carbocycles. The van der Waals surface area contributed by atoms with Gasteiger partial charge in [0.25, 0.3) is 17.2 Å². The third kappa shape index (κ3) is 5.55. The van der Waals surface area contributed by atoms with E-state index in [0.717, 1.165) is 0 Å². The number of non-ortho nitro benzene ring substituents is 1. The Labute approximate surface area is 198 Å². The molecule has 0 unspecified atom stereocenters. The van der Waals surface area contributed by atoms with Crippen LogP contribution >= 0.6 is 0 Å². The van der Waals surface area contributed by atoms with Crippen LogP contribution in [-0.4, -0.2) is 49.2 Å². The molecule has 0 aliphatic rings. The molecule has 35 heavy (non-hydrogen) atoms. The first kappa shape index (κ1) is 23.3. The van der Waals surface area contributed by atoms with Gasteiger partial charge in [0, 0.05) is 24.2 Å². The van der Waals surface area contributed by atoms with Crippen LogP contribution in [-0.2, 0) is 17.9 Å². The van der Waals surface area contributed by atoms with E-state index in [1.54, 1.807) is 42.5 Å². The Morgan fingerprint density at radius 3 is 2.49 bits per heavy atom. The average Bonchev–Trinajstić information content (AvgIpc) is 3.29. The van der Waals surface area contributed by atoms with Gasteiger partial charge in [0.05, 0.1) is 30.8 Å². The number of nitrogens with zero attached hydrogens (tertiary/aromatic N) is 5. The molecule has 4 aromatic rings. The second kappa shape index (κ2) is 10.4. The molecule has 4 rings (SSSR count). The Balaban J connectivity index is 1.33. The van der Waals surface area contributed by atoms with Gasteiger partial charge in [-0.1, -0.05) is 30.3 Å². The van der Waals surface area contributed by atoms with E-state index in [4.69, 9.17) is 0 Å². The number of rotatable bonds is 9. The standard InChI is InChI=1S/C23H21N7O5/c31-20(13-25-22(32)17-4-2-1-3-5-17)24-10-11-29-21-19(12-27-29)23(33)28(15-26-21)14-16-6-8-18(9-7-16)30(34)35/h1-9,12,15H,10-11,13-14H2,(H,24,31)(H,25,32). The largest absolute Gasteiger partial charge is 0.353 e. The molecule has 0 spiro atoms. The van der Waals surface area contributed by atoms with Crippen molar-refractivity contribution in [3.05, 3.63) is 98.7 Å². The number of carbonyl (C=O) groups is 2. The summed E-state index contributed by atoms with van der Waals surface area (Å²) in [5, 5.41) is 20.5. The SMILES string of the molecule is O=C(CNC(=O)c1ccccc1)NCCn1ncc2c(=O)n(Cc3ccc([N+](=O)[O-])cc3)cnc21. The van der Waals surface area contributed by atoms with Crippen LogP contribution in [0.5, 0.6) is 0 Å². The summed E-state index contributed by atoms with van der Waals surface area (Å²) < 4.78 is 2.91. The molecular weight excluding hydrogens is 454 g/mol. The van der Waals surface area contributed by atoms with E-state index in [0.29, 0.717) is 22.2 Å². The zero-order valence-corrected chi connectivity index (χ0v) is 18.5. The van der Waals surface area contributed by atoms with Crippen molar-refractivity contribution in [2.45, 2.75) is 13.1 Å². The van der Waals surface area contributed by atoms with E-state index in [2.05, 4.69) is 20.7 Å². The molecule has 12 nitrogen and oxygen atoms in total. The number of fused-ring (bicyclic) bond motifs is 1. The van der Waals surface area contributed by atoms with E-state index in [1.165, 1.54) is 33.9 Å². The molecule has 2 amide bonds. The highest BCUT2D eigenvalue weighted by molar-refractivity contribution is 5.96. The van der Waals surface area contributed by atoms with Gasteiger partial charge in [0.15, 0.2) is 5.65 Å². The van der Waals surface area contributed by atoms with Gasteiger partial charge < -0.3 is 10.6 Å². The molecule has 2 heterocycles. The van der Waals surface area contributed by atoms with E-state index >= 15 is 0 Å². The van der Waals surface area contributed by atoms with Crippen molar-refractivity contribution in [1.29, 1.82) is 0 Å². The van der Waals surface area contributed by atoms with Gasteiger partial charge in [0.1, 0.15) is 11.7 Å². The van der Waals surface area contributed by atoms with Crippen molar-refractivity contribution in [3.63, 3.8) is 0 Å². The Kier molecular flexibility index (Phi) is 6.91. The summed E-state index contributed by atoms with van der Waals surface area (Å²) in [6.45, 7) is 0.542. The number of aromatic nitrogens is 4. The number of hydrogen-bond acceptors (Lipinski definition) is 7. The number of hydrogen-bond donors (Lipinski definition) is 2. The summed E-state index contributed by atoms with van der Waals surface area (Å²) >= 11 is 0. The lowest BCUT2D eigenvalue weighted by Crippen LogP contribution is -2.38. The smallest absolute Gasteiger partial charge is 0.269 e. The second-order valence-electron chi connectivity index (χ2n) is 7.60. The van der Waals surface area contributed by atoms with E-state index in [9.17, 15) is 24.5 Å². The summed E-state index contributed by atoms with van der Waals surface area (Å²) in [5.41, 5.74) is 1.23. The lowest BCUT2D eigenvalue weighted by Gasteiger charge is -2.08. The highest BCUT2D eigenvalue weighted by atomic mass is 16.6. The Morgan fingerprint density at radius 2 is 1.77 bits per heavy atom. The van der Waals surface area contributed by atoms with Gasteiger partial charge in [-0.2, -0.15) is 5.10 Å². The molecule has 2 aromatic heterocycles. The van der Waals surface area contributed by atoms with Crippen molar-refractivity contribution in [2.75, 3.05) is 13.1 Å². The van der Waals surface area contributed by atoms with E-state index in [1.807, 2.05) is 0 Å². The van der Waals surface area contributed by atoms with Gasteiger partial charge in [-0.05, 0) is 17.7 Å². The van der Waals surface area contributed by atoms with Crippen molar-refractivity contribution >= 4 is 28.5 Å². The maximum absolute atomic E-state index is 12.8. The molecule has 178 valence electrons. The first-order valence-electron chi connectivity index (χ1n) is 10.7. The predicted molar refractivity (Wildman–Crippen MR) is 126 cm³/mol. The van der Waals surface area contributed by atoms with E-state index < -0.39 is 4.92 Å². The van der Waals surface area contributed by atoms with Crippen LogP contribution in [0.2, 0.25) is 0 Å². The lowest BCUT2D eigenvalue weighted by molar-refractivity contribution is -0.384. The summed E-state index contributed by atoms with van der Waals surface area (Å²) in [4.78, 5) is 51.5. The van der Waals surface area contributed by atoms with Crippen LogP contribution in [0.15, 0.2) is 71.9 Å². The van der Waals surface area contributed by atoms with Crippen LogP contribution in [0.4, 0.5) is 5.69 Å². The highest BCUT2D eigenvalue weighted by Gasteiger charge is 2.12. The van der Waals surface area contributed by atoms with Crippen LogP contribution in [0.1, 0.15) is 15.9 Å². The van der Waals surface area contributed by atoms with Gasteiger partial charge in [-0.15, -0.1) is 0 Å². The molecule has 0 saturated heterocycles. The van der Waals surface area contributed by atoms with Gasteiger partial charge >= 0.3 is 0 Å². The van der Waals surface area contributed by atoms with Gasteiger partial charge in [0.2, 0.25) is 5.91 Å². The Morgan fingerprint density at radius 1 is 1.03 bits per heavy atom. The quantitative estimate of drug-likeness (QED) is 0.271. The number of nitro groups is 1.